The number of benzene rings is 1. The summed E-state index contributed by atoms with van der Waals surface area (Å²) in [5.74, 6) is 0.147. The molecule has 0 fully saturated rings. The van der Waals surface area contributed by atoms with Gasteiger partial charge in [-0.1, -0.05) is 25.5 Å². The second-order valence-electron chi connectivity index (χ2n) is 4.27. The Morgan fingerprint density at radius 3 is 2.75 bits per heavy atom. The van der Waals surface area contributed by atoms with Crippen LogP contribution in [0.2, 0.25) is 0 Å². The first kappa shape index (κ1) is 10.9. The lowest BCUT2D eigenvalue weighted by Gasteiger charge is -2.02. The molecular weight excluding hydrogens is 198 g/mol. The van der Waals surface area contributed by atoms with Crippen LogP contribution in [0.1, 0.15) is 36.2 Å². The van der Waals surface area contributed by atoms with Gasteiger partial charge >= 0.3 is 0 Å². The minimum absolute atomic E-state index is 0.147. The Balaban J connectivity index is 2.77. The summed E-state index contributed by atoms with van der Waals surface area (Å²) in [5, 5.41) is 1.14. The molecular formula is C14H17NO. The zero-order valence-electron chi connectivity index (χ0n) is 10.1. The van der Waals surface area contributed by atoms with Gasteiger partial charge in [0.1, 0.15) is 0 Å². The molecule has 84 valence electrons. The van der Waals surface area contributed by atoms with Gasteiger partial charge in [0.05, 0.1) is 0 Å². The molecule has 2 aromatic rings. The average molecular weight is 215 g/mol. The third-order valence-electron chi connectivity index (χ3n) is 2.99. The first-order valence-electron chi connectivity index (χ1n) is 5.73. The number of Topliss-reactive ketones (excluding diaryl/α,β-unsaturated/α-hetero) is 1. The molecule has 2 nitrogen and oxygen atoms in total. The zero-order valence-corrected chi connectivity index (χ0v) is 10.1. The first-order chi connectivity index (χ1) is 7.65. The second-order valence-corrected chi connectivity index (χ2v) is 4.27. The van der Waals surface area contributed by atoms with Crippen LogP contribution in [-0.2, 0) is 13.5 Å². The number of nitrogens with zero attached hydrogens (tertiary/aromatic N) is 1. The van der Waals surface area contributed by atoms with Crippen molar-refractivity contribution in [2.24, 2.45) is 7.05 Å². The number of hydrogen-bond donors (Lipinski definition) is 0. The molecule has 0 saturated carbocycles. The van der Waals surface area contributed by atoms with Crippen molar-refractivity contribution in [3.05, 3.63) is 35.5 Å². The van der Waals surface area contributed by atoms with Gasteiger partial charge in [0, 0.05) is 29.7 Å². The van der Waals surface area contributed by atoms with Crippen molar-refractivity contribution >= 4 is 16.7 Å². The summed E-state index contributed by atoms with van der Waals surface area (Å²) < 4.78 is 2.10. The van der Waals surface area contributed by atoms with Crippen LogP contribution in [0, 0.1) is 0 Å². The predicted molar refractivity (Wildman–Crippen MR) is 66.9 cm³/mol. The van der Waals surface area contributed by atoms with Gasteiger partial charge in [-0.3, -0.25) is 4.79 Å². The molecule has 1 aromatic carbocycles. The maximum Gasteiger partial charge on any atom is 0.160 e. The number of ketones is 1. The van der Waals surface area contributed by atoms with Crippen molar-refractivity contribution in [3.8, 4) is 0 Å². The molecule has 0 amide bonds. The number of rotatable bonds is 3. The third-order valence-corrected chi connectivity index (χ3v) is 2.99. The van der Waals surface area contributed by atoms with E-state index in [4.69, 9.17) is 0 Å². The van der Waals surface area contributed by atoms with Crippen molar-refractivity contribution in [1.29, 1.82) is 0 Å². The average Bonchev–Trinajstić information content (AvgIpc) is 2.57. The molecule has 0 saturated heterocycles. The van der Waals surface area contributed by atoms with Crippen molar-refractivity contribution in [2.75, 3.05) is 0 Å². The maximum atomic E-state index is 11.6. The fourth-order valence-corrected chi connectivity index (χ4v) is 2.29. The van der Waals surface area contributed by atoms with Crippen molar-refractivity contribution < 1.29 is 4.79 Å². The van der Waals surface area contributed by atoms with E-state index >= 15 is 0 Å². The van der Waals surface area contributed by atoms with Crippen molar-refractivity contribution in [3.63, 3.8) is 0 Å². The Labute approximate surface area is 95.9 Å². The molecule has 2 rings (SSSR count). The van der Waals surface area contributed by atoms with E-state index in [1.54, 1.807) is 6.92 Å². The zero-order chi connectivity index (χ0) is 11.7. The smallest absolute Gasteiger partial charge is 0.160 e. The quantitative estimate of drug-likeness (QED) is 0.720. The molecule has 0 unspecified atom stereocenters. The molecule has 1 heterocycles. The van der Waals surface area contributed by atoms with Crippen LogP contribution < -0.4 is 0 Å². The van der Waals surface area contributed by atoms with Crippen LogP contribution in [0.3, 0.4) is 0 Å². The van der Waals surface area contributed by atoms with E-state index < -0.39 is 0 Å². The molecule has 0 bridgehead atoms. The number of hydrogen-bond acceptors (Lipinski definition) is 1. The minimum atomic E-state index is 0.147. The lowest BCUT2D eigenvalue weighted by atomic mass is 10.0. The Hall–Kier alpha value is -1.57. The van der Waals surface area contributed by atoms with Gasteiger partial charge in [-0.05, 0) is 25.0 Å². The Bertz CT molecular complexity index is 537. The van der Waals surface area contributed by atoms with Gasteiger partial charge < -0.3 is 4.57 Å². The van der Waals surface area contributed by atoms with Gasteiger partial charge in [0.2, 0.25) is 0 Å². The summed E-state index contributed by atoms with van der Waals surface area (Å²) in [4.78, 5) is 11.6. The van der Waals surface area contributed by atoms with E-state index in [1.165, 1.54) is 5.56 Å². The highest BCUT2D eigenvalue weighted by molar-refractivity contribution is 6.07. The van der Waals surface area contributed by atoms with Crippen LogP contribution in [0.25, 0.3) is 10.9 Å². The normalized spacial score (nSPS) is 10.9. The highest BCUT2D eigenvalue weighted by Gasteiger charge is 2.12. The van der Waals surface area contributed by atoms with Crippen molar-refractivity contribution in [1.82, 2.24) is 4.57 Å². The predicted octanol–water partition coefficient (Wildman–Crippen LogP) is 3.33. The second kappa shape index (κ2) is 4.12. The minimum Gasteiger partial charge on any atom is -0.350 e. The topological polar surface area (TPSA) is 22.0 Å². The summed E-state index contributed by atoms with van der Waals surface area (Å²) in [7, 11) is 2.03. The van der Waals surface area contributed by atoms with Crippen LogP contribution in [-0.4, -0.2) is 10.4 Å². The molecule has 0 aliphatic rings. The van der Waals surface area contributed by atoms with Gasteiger partial charge in [-0.2, -0.15) is 0 Å². The molecule has 0 spiro atoms. The van der Waals surface area contributed by atoms with Gasteiger partial charge in [-0.15, -0.1) is 0 Å². The summed E-state index contributed by atoms with van der Waals surface area (Å²) in [6.45, 7) is 3.80. The molecule has 0 radical (unpaired) electrons. The number of aromatic nitrogens is 1. The standard InChI is InChI=1S/C14H17NO/c1-4-6-11-9-15(3)13-8-5-7-12(10(2)16)14(11)13/h5,7-9H,4,6H2,1-3H3. The summed E-state index contributed by atoms with van der Waals surface area (Å²) >= 11 is 0. The lowest BCUT2D eigenvalue weighted by Crippen LogP contribution is -1.94. The molecule has 0 aliphatic carbocycles. The number of fused-ring (bicyclic) bond motifs is 1. The van der Waals surface area contributed by atoms with Gasteiger partial charge in [-0.25, -0.2) is 0 Å². The summed E-state index contributed by atoms with van der Waals surface area (Å²) in [6, 6.07) is 5.94. The molecule has 0 aliphatic heterocycles. The first-order valence-corrected chi connectivity index (χ1v) is 5.73. The monoisotopic (exact) mass is 215 g/mol. The van der Waals surface area contributed by atoms with Crippen LogP contribution in [0.15, 0.2) is 24.4 Å². The van der Waals surface area contributed by atoms with E-state index in [0.717, 1.165) is 29.3 Å². The highest BCUT2D eigenvalue weighted by Crippen LogP contribution is 2.26. The highest BCUT2D eigenvalue weighted by atomic mass is 16.1. The molecule has 2 heteroatoms. The van der Waals surface area contributed by atoms with E-state index in [2.05, 4.69) is 23.8 Å². The van der Waals surface area contributed by atoms with E-state index in [0.29, 0.717) is 0 Å². The van der Waals surface area contributed by atoms with E-state index in [-0.39, 0.29) is 5.78 Å². The number of aryl methyl sites for hydroxylation is 2. The fraction of sp³-hybridized carbons (Fsp3) is 0.357. The van der Waals surface area contributed by atoms with Crippen LogP contribution >= 0.6 is 0 Å². The summed E-state index contributed by atoms with van der Waals surface area (Å²) in [6.07, 6.45) is 4.27. The number of carbonyl (C=O) groups excluding carboxylic acids is 1. The lowest BCUT2D eigenvalue weighted by molar-refractivity contribution is 0.101. The Morgan fingerprint density at radius 1 is 1.38 bits per heavy atom. The third kappa shape index (κ3) is 1.64. The molecule has 0 N–H and O–H groups in total. The van der Waals surface area contributed by atoms with Crippen LogP contribution in [0.4, 0.5) is 0 Å². The fourth-order valence-electron chi connectivity index (χ4n) is 2.29. The Kier molecular flexibility index (Phi) is 2.82. The van der Waals surface area contributed by atoms with E-state index in [9.17, 15) is 4.79 Å². The molecule has 1 aromatic heterocycles. The maximum absolute atomic E-state index is 11.6. The van der Waals surface area contributed by atoms with Gasteiger partial charge in [0.25, 0.3) is 0 Å². The SMILES string of the molecule is CCCc1cn(C)c2cccc(C(C)=O)c12. The van der Waals surface area contributed by atoms with Crippen molar-refractivity contribution in [2.45, 2.75) is 26.7 Å². The Morgan fingerprint density at radius 2 is 2.12 bits per heavy atom. The number of carbonyl (C=O) groups is 1. The van der Waals surface area contributed by atoms with E-state index in [1.807, 2.05) is 19.2 Å². The molecule has 16 heavy (non-hydrogen) atoms. The molecule has 0 atom stereocenters. The largest absolute Gasteiger partial charge is 0.350 e. The van der Waals surface area contributed by atoms with Crippen LogP contribution in [0.5, 0.6) is 0 Å². The summed E-state index contributed by atoms with van der Waals surface area (Å²) in [5.41, 5.74) is 3.28. The van der Waals surface area contributed by atoms with Gasteiger partial charge in [0.15, 0.2) is 5.78 Å².